The Bertz CT molecular complexity index is 3000. The highest BCUT2D eigenvalue weighted by molar-refractivity contribution is 8.00. The topological polar surface area (TPSA) is 6.48 Å². The lowest BCUT2D eigenvalue weighted by Crippen LogP contribution is -2.65. The van der Waals surface area contributed by atoms with Crippen LogP contribution in [-0.4, -0.2) is 13.4 Å². The van der Waals surface area contributed by atoms with Crippen molar-refractivity contribution in [2.75, 3.05) is 9.80 Å². The Morgan fingerprint density at radius 1 is 0.364 bits per heavy atom. The van der Waals surface area contributed by atoms with Gasteiger partial charge < -0.3 is 9.80 Å². The van der Waals surface area contributed by atoms with E-state index < -0.39 is 0 Å². The lowest BCUT2D eigenvalue weighted by Gasteiger charge is -2.46. The van der Waals surface area contributed by atoms with Gasteiger partial charge in [-0.05, 0) is 92.6 Å². The molecule has 5 heteroatoms. The molecule has 0 aliphatic carbocycles. The van der Waals surface area contributed by atoms with Gasteiger partial charge in [-0.1, -0.05) is 162 Å². The van der Waals surface area contributed by atoms with Crippen molar-refractivity contribution in [1.82, 2.24) is 0 Å². The Balaban J connectivity index is 1.26. The lowest BCUT2D eigenvalue weighted by molar-refractivity contribution is 1.24. The van der Waals surface area contributed by atoms with Crippen LogP contribution in [0.3, 0.4) is 0 Å². The van der Waals surface area contributed by atoms with Crippen molar-refractivity contribution in [2.45, 2.75) is 9.79 Å². The highest BCUT2D eigenvalue weighted by atomic mass is 32.2. The molecule has 3 aliphatic rings. The molecule has 0 radical (unpaired) electrons. The van der Waals surface area contributed by atoms with Crippen molar-refractivity contribution >= 4 is 114 Å². The number of fused-ring (bicyclic) bond motifs is 9. The number of hydrogen-bond acceptors (Lipinski definition) is 3. The van der Waals surface area contributed by atoms with Crippen molar-refractivity contribution in [3.05, 3.63) is 194 Å². The molecule has 0 fully saturated rings. The van der Waals surface area contributed by atoms with Crippen LogP contribution in [0.15, 0.2) is 204 Å². The Hall–Kier alpha value is -6.42. The average molecular weight is 715 g/mol. The molecule has 0 saturated heterocycles. The molecule has 12 rings (SSSR count). The van der Waals surface area contributed by atoms with E-state index in [1.165, 1.54) is 98.2 Å². The molecular formula is C50H32B2N2S. The highest BCUT2D eigenvalue weighted by Crippen LogP contribution is 2.47. The normalized spacial score (nSPS) is 13.6. The van der Waals surface area contributed by atoms with E-state index in [0.29, 0.717) is 0 Å². The summed E-state index contributed by atoms with van der Waals surface area (Å²) in [7, 11) is 0. The van der Waals surface area contributed by atoms with Crippen LogP contribution in [-0.2, 0) is 0 Å². The summed E-state index contributed by atoms with van der Waals surface area (Å²) in [6, 6.07) is 72.3. The van der Waals surface area contributed by atoms with E-state index in [2.05, 4.69) is 204 Å². The van der Waals surface area contributed by atoms with Gasteiger partial charge in [0.2, 0.25) is 13.4 Å². The molecule has 9 aromatic carbocycles. The van der Waals surface area contributed by atoms with Crippen molar-refractivity contribution < 1.29 is 0 Å². The van der Waals surface area contributed by atoms with Crippen molar-refractivity contribution in [2.24, 2.45) is 0 Å². The predicted molar refractivity (Wildman–Crippen MR) is 237 cm³/mol. The number of anilines is 6. The van der Waals surface area contributed by atoms with E-state index in [1.807, 2.05) is 11.8 Å². The van der Waals surface area contributed by atoms with Gasteiger partial charge in [0.1, 0.15) is 0 Å². The molecule has 254 valence electrons. The quantitative estimate of drug-likeness (QED) is 0.133. The summed E-state index contributed by atoms with van der Waals surface area (Å²) < 4.78 is 0. The van der Waals surface area contributed by atoms with Crippen molar-refractivity contribution in [1.29, 1.82) is 0 Å². The molecule has 0 amide bonds. The molecule has 2 nitrogen and oxygen atoms in total. The largest absolute Gasteiger partial charge is 0.312 e. The van der Waals surface area contributed by atoms with Crippen LogP contribution in [0.5, 0.6) is 0 Å². The zero-order valence-corrected chi connectivity index (χ0v) is 30.7. The Morgan fingerprint density at radius 3 is 1.73 bits per heavy atom. The van der Waals surface area contributed by atoms with Crippen molar-refractivity contribution in [3.63, 3.8) is 0 Å². The molecule has 3 heterocycles. The molecule has 0 bridgehead atoms. The van der Waals surface area contributed by atoms with Gasteiger partial charge in [0.25, 0.3) is 0 Å². The smallest absolute Gasteiger partial charge is 0.249 e. The Morgan fingerprint density at radius 2 is 0.945 bits per heavy atom. The third-order valence-electron chi connectivity index (χ3n) is 11.9. The Labute approximate surface area is 325 Å². The number of benzene rings is 9. The van der Waals surface area contributed by atoms with Gasteiger partial charge in [0.05, 0.1) is 5.69 Å². The van der Waals surface area contributed by atoms with E-state index in [1.54, 1.807) is 0 Å². The van der Waals surface area contributed by atoms with Gasteiger partial charge in [-0.15, -0.1) is 0 Å². The molecule has 0 unspecified atom stereocenters. The first-order chi connectivity index (χ1) is 27.3. The first kappa shape index (κ1) is 31.0. The van der Waals surface area contributed by atoms with Crippen LogP contribution < -0.4 is 42.6 Å². The van der Waals surface area contributed by atoms with Crippen LogP contribution in [0, 0.1) is 0 Å². The SMILES string of the molecule is c1ccc(B2c3ccccc3N(c3cccc4cc5ccccc5cc34)c3cc4c5c(c32)N(c2ccccc2)c2ccccc2B5c2ccccc2S4)cc1. The predicted octanol–water partition coefficient (Wildman–Crippen LogP) is 9.06. The molecule has 0 aromatic heterocycles. The summed E-state index contributed by atoms with van der Waals surface area (Å²) in [4.78, 5) is 7.80. The van der Waals surface area contributed by atoms with E-state index in [9.17, 15) is 0 Å². The molecule has 0 atom stereocenters. The summed E-state index contributed by atoms with van der Waals surface area (Å²) in [5, 5.41) is 4.99. The van der Waals surface area contributed by atoms with E-state index in [4.69, 9.17) is 0 Å². The zero-order valence-electron chi connectivity index (χ0n) is 29.9. The van der Waals surface area contributed by atoms with Gasteiger partial charge in [-0.25, -0.2) is 0 Å². The monoisotopic (exact) mass is 714 g/mol. The van der Waals surface area contributed by atoms with Gasteiger partial charge >= 0.3 is 0 Å². The molecule has 0 spiro atoms. The van der Waals surface area contributed by atoms with E-state index in [0.717, 1.165) is 0 Å². The van der Waals surface area contributed by atoms with E-state index >= 15 is 0 Å². The summed E-state index contributed by atoms with van der Waals surface area (Å²) in [5.41, 5.74) is 15.4. The van der Waals surface area contributed by atoms with Crippen molar-refractivity contribution in [3.8, 4) is 0 Å². The molecule has 9 aromatic rings. The maximum absolute atomic E-state index is 2.58. The van der Waals surface area contributed by atoms with Crippen LogP contribution >= 0.6 is 11.8 Å². The van der Waals surface area contributed by atoms with Crippen LogP contribution in [0.25, 0.3) is 21.5 Å². The fourth-order valence-corrected chi connectivity index (χ4v) is 10.8. The second-order valence-electron chi connectivity index (χ2n) is 14.8. The molecule has 55 heavy (non-hydrogen) atoms. The summed E-state index contributed by atoms with van der Waals surface area (Å²) in [6.45, 7) is 0.105. The zero-order chi connectivity index (χ0) is 36.0. The fraction of sp³-hybridized carbons (Fsp3) is 0. The van der Waals surface area contributed by atoms with Gasteiger partial charge in [0.15, 0.2) is 0 Å². The van der Waals surface area contributed by atoms with Crippen LogP contribution in [0.1, 0.15) is 0 Å². The summed E-state index contributed by atoms with van der Waals surface area (Å²) in [6.07, 6.45) is 0. The van der Waals surface area contributed by atoms with Gasteiger partial charge in [-0.2, -0.15) is 0 Å². The number of para-hydroxylation sites is 3. The minimum absolute atomic E-state index is 0.000878. The molecule has 0 N–H and O–H groups in total. The second kappa shape index (κ2) is 12.0. The standard InChI is InChI=1S/C50H32B2N2S/c1-3-19-36(20-4-1)51-39-23-9-13-27-44(39)54(42-28-15-18-35-30-33-16-7-8-17-34(33)31-38(35)42)45-32-47-49-50(48(45)51)53(37-21-5-2-6-22-37)43-26-12-10-24-40(43)52(49)41-25-11-14-29-46(41)55-47/h1-32H. The molecular weight excluding hydrogens is 682 g/mol. The maximum atomic E-state index is 2.58. The Kier molecular flexibility index (Phi) is 6.78. The first-order valence-corrected chi connectivity index (χ1v) is 19.9. The first-order valence-electron chi connectivity index (χ1n) is 19.1. The van der Waals surface area contributed by atoms with Crippen LogP contribution in [0.4, 0.5) is 34.1 Å². The van der Waals surface area contributed by atoms with Crippen LogP contribution in [0.2, 0.25) is 0 Å². The summed E-state index contributed by atoms with van der Waals surface area (Å²) in [5.74, 6) is 0. The number of hydrogen-bond donors (Lipinski definition) is 0. The number of nitrogens with zero attached hydrogens (tertiary/aromatic N) is 2. The minimum Gasteiger partial charge on any atom is -0.312 e. The minimum atomic E-state index is -0.000878. The third kappa shape index (κ3) is 4.54. The highest BCUT2D eigenvalue weighted by Gasteiger charge is 2.47. The maximum Gasteiger partial charge on any atom is 0.249 e. The average Bonchev–Trinajstić information content (AvgIpc) is 3.25. The second-order valence-corrected chi connectivity index (χ2v) is 15.9. The van der Waals surface area contributed by atoms with E-state index in [-0.39, 0.29) is 13.4 Å². The lowest BCUT2D eigenvalue weighted by atomic mass is 9.31. The van der Waals surface area contributed by atoms with Gasteiger partial charge in [-0.3, -0.25) is 0 Å². The summed E-state index contributed by atoms with van der Waals surface area (Å²) >= 11 is 1.92. The molecule has 3 aliphatic heterocycles. The number of rotatable bonds is 3. The fourth-order valence-electron chi connectivity index (χ4n) is 9.66. The molecule has 0 saturated carbocycles. The van der Waals surface area contributed by atoms with Gasteiger partial charge in [0, 0.05) is 43.6 Å². The third-order valence-corrected chi connectivity index (χ3v) is 13.0.